The largest absolute Gasteiger partial charge is 0.154 e. The minimum Gasteiger partial charge on any atom is -0.154 e. The molecule has 0 bridgehead atoms. The van der Waals surface area contributed by atoms with Crippen LogP contribution in [0.3, 0.4) is 0 Å². The Hall–Kier alpha value is -0.170. The second-order valence-electron chi connectivity index (χ2n) is 4.65. The Kier molecular flexibility index (Phi) is 4.31. The van der Waals surface area contributed by atoms with Gasteiger partial charge in [0, 0.05) is 11.0 Å². The highest BCUT2D eigenvalue weighted by molar-refractivity contribution is 8.00. The van der Waals surface area contributed by atoms with Gasteiger partial charge in [-0.2, -0.15) is 11.8 Å². The van der Waals surface area contributed by atoms with Crippen LogP contribution in [0.2, 0.25) is 0 Å². The normalized spacial score (nSPS) is 27.3. The van der Waals surface area contributed by atoms with Crippen LogP contribution in [-0.2, 0) is 0 Å². The highest BCUT2D eigenvalue weighted by Crippen LogP contribution is 2.38. The van der Waals surface area contributed by atoms with Crippen molar-refractivity contribution in [3.8, 4) is 0 Å². The first-order valence-corrected chi connectivity index (χ1v) is 6.55. The van der Waals surface area contributed by atoms with Crippen LogP contribution in [0.25, 0.3) is 0 Å². The Morgan fingerprint density at radius 3 is 2.64 bits per heavy atom. The summed E-state index contributed by atoms with van der Waals surface area (Å²) < 4.78 is 0. The molecule has 2 unspecified atom stereocenters. The van der Waals surface area contributed by atoms with E-state index in [9.17, 15) is 0 Å². The molecule has 0 radical (unpaired) electrons. The van der Waals surface area contributed by atoms with E-state index in [0.29, 0.717) is 11.2 Å². The third-order valence-electron chi connectivity index (χ3n) is 3.14. The molecule has 1 fully saturated rings. The van der Waals surface area contributed by atoms with E-state index in [1.54, 1.807) is 0 Å². The predicted octanol–water partition coefficient (Wildman–Crippen LogP) is 4.29. The van der Waals surface area contributed by atoms with E-state index in [-0.39, 0.29) is 0 Å². The Labute approximate surface area is 92.9 Å². The topological polar surface area (TPSA) is 0 Å². The highest BCUT2D eigenvalue weighted by atomic mass is 32.2. The number of allylic oxidation sites excluding steroid dienone is 1. The molecule has 0 saturated carbocycles. The van der Waals surface area contributed by atoms with Gasteiger partial charge in [-0.15, -0.1) is 0 Å². The van der Waals surface area contributed by atoms with Crippen LogP contribution in [-0.4, -0.2) is 11.0 Å². The van der Waals surface area contributed by atoms with Crippen molar-refractivity contribution >= 4 is 11.8 Å². The van der Waals surface area contributed by atoms with Gasteiger partial charge in [0.2, 0.25) is 0 Å². The zero-order chi connectivity index (χ0) is 10.7. The SMILES string of the molecule is C=C(CCC1SCC(C)C1=C)C(C)C. The molecule has 0 aromatic carbocycles. The van der Waals surface area contributed by atoms with Gasteiger partial charge in [0.25, 0.3) is 0 Å². The molecule has 14 heavy (non-hydrogen) atoms. The summed E-state index contributed by atoms with van der Waals surface area (Å²) in [5.41, 5.74) is 2.84. The van der Waals surface area contributed by atoms with E-state index in [1.807, 2.05) is 0 Å². The van der Waals surface area contributed by atoms with Crippen molar-refractivity contribution in [1.29, 1.82) is 0 Å². The first-order valence-electron chi connectivity index (χ1n) is 5.50. The lowest BCUT2D eigenvalue weighted by Gasteiger charge is -2.14. The van der Waals surface area contributed by atoms with Crippen molar-refractivity contribution < 1.29 is 0 Å². The van der Waals surface area contributed by atoms with Crippen LogP contribution in [0, 0.1) is 11.8 Å². The first-order chi connectivity index (χ1) is 6.52. The molecule has 2 atom stereocenters. The predicted molar refractivity (Wildman–Crippen MR) is 67.8 cm³/mol. The van der Waals surface area contributed by atoms with Crippen LogP contribution in [0.15, 0.2) is 24.3 Å². The first kappa shape index (κ1) is 11.9. The molecule has 0 aromatic heterocycles. The number of hydrogen-bond acceptors (Lipinski definition) is 1. The quantitative estimate of drug-likeness (QED) is 0.624. The van der Waals surface area contributed by atoms with Gasteiger partial charge in [-0.05, 0) is 24.7 Å². The summed E-state index contributed by atoms with van der Waals surface area (Å²) in [6, 6.07) is 0. The molecular formula is C13H22S. The Morgan fingerprint density at radius 1 is 1.57 bits per heavy atom. The maximum Gasteiger partial charge on any atom is 0.0259 e. The standard InChI is InChI=1S/C13H22S/c1-9(2)10(3)6-7-13-12(5)11(4)8-14-13/h9,11,13H,3,5-8H2,1-2,4H3. The van der Waals surface area contributed by atoms with Gasteiger partial charge in [-0.1, -0.05) is 45.1 Å². The van der Waals surface area contributed by atoms with Gasteiger partial charge in [-0.25, -0.2) is 0 Å². The second-order valence-corrected chi connectivity index (χ2v) is 5.89. The van der Waals surface area contributed by atoms with E-state index < -0.39 is 0 Å². The molecule has 0 nitrogen and oxygen atoms in total. The smallest absolute Gasteiger partial charge is 0.0259 e. The Bertz CT molecular complexity index is 227. The molecule has 0 aliphatic carbocycles. The van der Waals surface area contributed by atoms with E-state index in [1.165, 1.54) is 29.7 Å². The van der Waals surface area contributed by atoms with E-state index >= 15 is 0 Å². The molecule has 0 amide bonds. The lowest BCUT2D eigenvalue weighted by Crippen LogP contribution is -2.05. The molecule has 0 spiro atoms. The molecule has 1 aliphatic heterocycles. The number of hydrogen-bond donors (Lipinski definition) is 0. The van der Waals surface area contributed by atoms with Gasteiger partial charge in [0.1, 0.15) is 0 Å². The third-order valence-corrected chi connectivity index (χ3v) is 4.77. The van der Waals surface area contributed by atoms with Crippen LogP contribution >= 0.6 is 11.8 Å². The van der Waals surface area contributed by atoms with Gasteiger partial charge < -0.3 is 0 Å². The zero-order valence-electron chi connectivity index (χ0n) is 9.68. The van der Waals surface area contributed by atoms with E-state index in [2.05, 4.69) is 45.7 Å². The molecule has 1 saturated heterocycles. The summed E-state index contributed by atoms with van der Waals surface area (Å²) in [6.45, 7) is 15.0. The summed E-state index contributed by atoms with van der Waals surface area (Å²) >= 11 is 2.07. The van der Waals surface area contributed by atoms with Crippen LogP contribution in [0.1, 0.15) is 33.6 Å². The fourth-order valence-corrected chi connectivity index (χ4v) is 3.13. The molecule has 1 aliphatic rings. The number of rotatable bonds is 4. The van der Waals surface area contributed by atoms with Crippen LogP contribution in [0.4, 0.5) is 0 Å². The van der Waals surface area contributed by atoms with Gasteiger partial charge in [-0.3, -0.25) is 0 Å². The second kappa shape index (κ2) is 5.06. The van der Waals surface area contributed by atoms with Crippen molar-refractivity contribution in [3.63, 3.8) is 0 Å². The summed E-state index contributed by atoms with van der Waals surface area (Å²) in [5.74, 6) is 2.61. The molecular weight excluding hydrogens is 188 g/mol. The lowest BCUT2D eigenvalue weighted by molar-refractivity contribution is 0.674. The fraction of sp³-hybridized carbons (Fsp3) is 0.692. The minimum atomic E-state index is 0.632. The van der Waals surface area contributed by atoms with Gasteiger partial charge >= 0.3 is 0 Å². The van der Waals surface area contributed by atoms with Crippen LogP contribution in [0.5, 0.6) is 0 Å². The lowest BCUT2D eigenvalue weighted by atomic mass is 9.95. The summed E-state index contributed by atoms with van der Waals surface area (Å²) in [4.78, 5) is 0. The molecule has 80 valence electrons. The Balaban J connectivity index is 2.32. The monoisotopic (exact) mass is 210 g/mol. The molecule has 0 aromatic rings. The summed E-state index contributed by atoms with van der Waals surface area (Å²) in [5, 5.41) is 0.695. The highest BCUT2D eigenvalue weighted by Gasteiger charge is 2.25. The van der Waals surface area contributed by atoms with Crippen molar-refractivity contribution in [2.24, 2.45) is 11.8 Å². The molecule has 1 heterocycles. The molecule has 0 N–H and O–H groups in total. The summed E-state index contributed by atoms with van der Waals surface area (Å²) in [6.07, 6.45) is 2.41. The minimum absolute atomic E-state index is 0.632. The van der Waals surface area contributed by atoms with Gasteiger partial charge in [0.05, 0.1) is 0 Å². The van der Waals surface area contributed by atoms with Crippen molar-refractivity contribution in [3.05, 3.63) is 24.3 Å². The summed E-state index contributed by atoms with van der Waals surface area (Å²) in [7, 11) is 0. The maximum absolute atomic E-state index is 4.19. The van der Waals surface area contributed by atoms with Crippen LogP contribution < -0.4 is 0 Å². The number of thioether (sulfide) groups is 1. The van der Waals surface area contributed by atoms with E-state index in [4.69, 9.17) is 0 Å². The average molecular weight is 210 g/mol. The maximum atomic E-state index is 4.19. The van der Waals surface area contributed by atoms with Crippen molar-refractivity contribution in [2.75, 3.05) is 5.75 Å². The van der Waals surface area contributed by atoms with E-state index in [0.717, 1.165) is 5.92 Å². The molecule has 1 heteroatoms. The van der Waals surface area contributed by atoms with Crippen molar-refractivity contribution in [2.45, 2.75) is 38.9 Å². The fourth-order valence-electron chi connectivity index (χ4n) is 1.67. The average Bonchev–Trinajstić information content (AvgIpc) is 2.44. The third kappa shape index (κ3) is 2.91. The zero-order valence-corrected chi connectivity index (χ0v) is 10.5. The Morgan fingerprint density at radius 2 is 2.21 bits per heavy atom. The van der Waals surface area contributed by atoms with Gasteiger partial charge in [0.15, 0.2) is 0 Å². The van der Waals surface area contributed by atoms with Crippen molar-refractivity contribution in [1.82, 2.24) is 0 Å². The molecule has 1 rings (SSSR count).